The highest BCUT2D eigenvalue weighted by atomic mass is 16.7. The SMILES string of the molecule is COc1cc(-c2ccc(C(=O)NCC3CC3)nc2C(=O)OCOC(=O)CNC(=O)OC(C)(C)C)c(C(=O)O)cc1C. The molecule has 3 rings (SSSR count). The van der Waals surface area contributed by atoms with Crippen LogP contribution < -0.4 is 15.4 Å². The highest BCUT2D eigenvalue weighted by Crippen LogP contribution is 2.33. The van der Waals surface area contributed by atoms with Crippen LogP contribution in [0.15, 0.2) is 24.3 Å². The molecule has 0 bridgehead atoms. The van der Waals surface area contributed by atoms with Gasteiger partial charge in [-0.05, 0) is 76.3 Å². The summed E-state index contributed by atoms with van der Waals surface area (Å²) in [4.78, 5) is 65.7. The normalized spacial score (nSPS) is 12.6. The zero-order valence-electron chi connectivity index (χ0n) is 23.5. The van der Waals surface area contributed by atoms with Gasteiger partial charge in [-0.3, -0.25) is 9.59 Å². The fraction of sp³-hybridized carbons (Fsp3) is 0.429. The molecule has 1 aliphatic rings. The summed E-state index contributed by atoms with van der Waals surface area (Å²) < 4.78 is 20.3. The minimum Gasteiger partial charge on any atom is -0.496 e. The minimum absolute atomic E-state index is 0.0577. The van der Waals surface area contributed by atoms with Crippen LogP contribution in [0, 0.1) is 12.8 Å². The molecule has 0 unspecified atom stereocenters. The molecule has 0 spiro atoms. The molecule has 0 radical (unpaired) electrons. The Labute approximate surface area is 236 Å². The van der Waals surface area contributed by atoms with Crippen LogP contribution in [0.1, 0.15) is 70.5 Å². The number of methoxy groups -OCH3 is 1. The van der Waals surface area contributed by atoms with E-state index in [-0.39, 0.29) is 28.1 Å². The number of pyridine rings is 1. The number of nitrogens with one attached hydrogen (secondary N) is 2. The number of carbonyl (C=O) groups excluding carboxylic acids is 4. The van der Waals surface area contributed by atoms with Crippen LogP contribution in [-0.4, -0.2) is 72.6 Å². The van der Waals surface area contributed by atoms with Crippen molar-refractivity contribution < 1.29 is 48.0 Å². The van der Waals surface area contributed by atoms with Crippen LogP contribution >= 0.6 is 0 Å². The average molecular weight is 572 g/mol. The van der Waals surface area contributed by atoms with Crippen molar-refractivity contribution in [2.45, 2.75) is 46.1 Å². The molecule has 0 saturated heterocycles. The predicted molar refractivity (Wildman–Crippen MR) is 144 cm³/mol. The van der Waals surface area contributed by atoms with E-state index in [1.807, 2.05) is 0 Å². The summed E-state index contributed by atoms with van der Waals surface area (Å²) in [5.74, 6) is -3.01. The first-order valence-corrected chi connectivity index (χ1v) is 12.8. The number of carboxylic acid groups (broad SMARTS) is 1. The molecule has 1 aromatic carbocycles. The molecule has 41 heavy (non-hydrogen) atoms. The van der Waals surface area contributed by atoms with E-state index in [4.69, 9.17) is 18.9 Å². The summed E-state index contributed by atoms with van der Waals surface area (Å²) in [6, 6.07) is 5.60. The molecule has 2 aromatic rings. The molecular weight excluding hydrogens is 538 g/mol. The molecule has 2 amide bonds. The first kappa shape index (κ1) is 30.9. The Morgan fingerprint density at radius 3 is 2.34 bits per heavy atom. The lowest BCUT2D eigenvalue weighted by molar-refractivity contribution is -0.151. The standard InChI is InChI=1S/C28H33N3O10/c1-15-10-19(25(34)35)18(11-21(15)38-5)17-8-9-20(24(33)29-12-16-6-7-16)31-23(17)26(36)40-14-39-22(32)13-30-27(37)41-28(2,3)4/h8-11,16H,6-7,12-14H2,1-5H3,(H,29,33)(H,30,37)(H,34,35). The van der Waals surface area contributed by atoms with Gasteiger partial charge in [0.1, 0.15) is 23.6 Å². The third-order valence-corrected chi connectivity index (χ3v) is 5.81. The Balaban J connectivity index is 1.82. The summed E-state index contributed by atoms with van der Waals surface area (Å²) in [6.45, 7) is 5.72. The number of carbonyl (C=O) groups is 5. The van der Waals surface area contributed by atoms with Crippen molar-refractivity contribution in [1.29, 1.82) is 0 Å². The van der Waals surface area contributed by atoms with E-state index in [2.05, 4.69) is 15.6 Å². The fourth-order valence-electron chi connectivity index (χ4n) is 3.64. The second kappa shape index (κ2) is 13.1. The molecule has 220 valence electrons. The molecule has 3 N–H and O–H groups in total. The predicted octanol–water partition coefficient (Wildman–Crippen LogP) is 3.09. The van der Waals surface area contributed by atoms with Gasteiger partial charge in [0, 0.05) is 17.7 Å². The molecule has 0 aliphatic heterocycles. The zero-order valence-corrected chi connectivity index (χ0v) is 23.5. The van der Waals surface area contributed by atoms with Crippen LogP contribution in [0.25, 0.3) is 11.1 Å². The molecule has 1 saturated carbocycles. The van der Waals surface area contributed by atoms with E-state index in [0.717, 1.165) is 12.8 Å². The van der Waals surface area contributed by atoms with E-state index in [9.17, 15) is 29.1 Å². The van der Waals surface area contributed by atoms with Gasteiger partial charge in [0.25, 0.3) is 5.91 Å². The third kappa shape index (κ3) is 8.92. The van der Waals surface area contributed by atoms with Gasteiger partial charge in [0.05, 0.1) is 12.7 Å². The van der Waals surface area contributed by atoms with Gasteiger partial charge in [-0.2, -0.15) is 0 Å². The molecule has 1 aromatic heterocycles. The van der Waals surface area contributed by atoms with Crippen LogP contribution in [0.4, 0.5) is 4.79 Å². The smallest absolute Gasteiger partial charge is 0.408 e. The summed E-state index contributed by atoms with van der Waals surface area (Å²) in [6.07, 6.45) is 1.20. The number of aromatic carboxylic acids is 1. The summed E-state index contributed by atoms with van der Waals surface area (Å²) in [5, 5.41) is 14.8. The number of aryl methyl sites for hydroxylation is 1. The maximum Gasteiger partial charge on any atom is 0.408 e. The van der Waals surface area contributed by atoms with Crippen molar-refractivity contribution in [1.82, 2.24) is 15.6 Å². The Kier molecular flexibility index (Phi) is 9.87. The average Bonchev–Trinajstić information content (AvgIpc) is 3.73. The Morgan fingerprint density at radius 2 is 1.73 bits per heavy atom. The number of ether oxygens (including phenoxy) is 4. The number of aromatic nitrogens is 1. The first-order chi connectivity index (χ1) is 19.3. The monoisotopic (exact) mass is 571 g/mol. The number of rotatable bonds is 11. The Bertz CT molecular complexity index is 1350. The highest BCUT2D eigenvalue weighted by Gasteiger charge is 2.26. The van der Waals surface area contributed by atoms with Gasteiger partial charge in [-0.15, -0.1) is 0 Å². The second-order valence-corrected chi connectivity index (χ2v) is 10.3. The quantitative estimate of drug-likeness (QED) is 0.266. The van der Waals surface area contributed by atoms with E-state index in [1.165, 1.54) is 31.4 Å². The maximum atomic E-state index is 13.1. The first-order valence-electron chi connectivity index (χ1n) is 12.8. The molecular formula is C28H33N3O10. The second-order valence-electron chi connectivity index (χ2n) is 10.3. The van der Waals surface area contributed by atoms with Crippen molar-refractivity contribution in [3.05, 3.63) is 46.8 Å². The van der Waals surface area contributed by atoms with E-state index < -0.39 is 48.8 Å². The molecule has 1 aliphatic carbocycles. The van der Waals surface area contributed by atoms with Gasteiger partial charge in [0.15, 0.2) is 5.69 Å². The number of esters is 2. The largest absolute Gasteiger partial charge is 0.496 e. The van der Waals surface area contributed by atoms with Gasteiger partial charge < -0.3 is 34.7 Å². The summed E-state index contributed by atoms with van der Waals surface area (Å²) in [5.41, 5.74) is -0.653. The highest BCUT2D eigenvalue weighted by molar-refractivity contribution is 6.03. The van der Waals surface area contributed by atoms with Crippen molar-refractivity contribution >= 4 is 29.9 Å². The van der Waals surface area contributed by atoms with Gasteiger partial charge >= 0.3 is 24.0 Å². The van der Waals surface area contributed by atoms with Crippen molar-refractivity contribution in [2.24, 2.45) is 5.92 Å². The number of nitrogens with zero attached hydrogens (tertiary/aromatic N) is 1. The van der Waals surface area contributed by atoms with Gasteiger partial charge in [-0.25, -0.2) is 19.4 Å². The maximum absolute atomic E-state index is 13.1. The lowest BCUT2D eigenvalue weighted by Gasteiger charge is -2.19. The summed E-state index contributed by atoms with van der Waals surface area (Å²) in [7, 11) is 1.42. The molecule has 0 atom stereocenters. The van der Waals surface area contributed by atoms with Crippen LogP contribution in [0.3, 0.4) is 0 Å². The minimum atomic E-state index is -1.26. The topological polar surface area (TPSA) is 179 Å². The number of hydrogen-bond acceptors (Lipinski definition) is 10. The fourth-order valence-corrected chi connectivity index (χ4v) is 3.64. The number of alkyl carbamates (subject to hydrolysis) is 1. The van der Waals surface area contributed by atoms with E-state index >= 15 is 0 Å². The van der Waals surface area contributed by atoms with E-state index in [0.29, 0.717) is 23.8 Å². The molecule has 1 heterocycles. The number of carboxylic acids is 1. The van der Waals surface area contributed by atoms with Crippen LogP contribution in [-0.2, 0) is 19.0 Å². The van der Waals surface area contributed by atoms with Crippen LogP contribution in [0.5, 0.6) is 5.75 Å². The third-order valence-electron chi connectivity index (χ3n) is 5.81. The van der Waals surface area contributed by atoms with Crippen molar-refractivity contribution in [2.75, 3.05) is 27.0 Å². The Morgan fingerprint density at radius 1 is 1.02 bits per heavy atom. The number of hydrogen-bond donors (Lipinski definition) is 3. The Hall–Kier alpha value is -4.68. The number of amides is 2. The van der Waals surface area contributed by atoms with E-state index in [1.54, 1.807) is 27.7 Å². The zero-order chi connectivity index (χ0) is 30.3. The lowest BCUT2D eigenvalue weighted by Crippen LogP contribution is -2.36. The lowest BCUT2D eigenvalue weighted by atomic mass is 9.95. The van der Waals surface area contributed by atoms with Gasteiger partial charge in [-0.1, -0.05) is 0 Å². The number of benzene rings is 1. The van der Waals surface area contributed by atoms with Gasteiger partial charge in [0.2, 0.25) is 6.79 Å². The van der Waals surface area contributed by atoms with Crippen molar-refractivity contribution in [3.63, 3.8) is 0 Å². The van der Waals surface area contributed by atoms with Crippen LogP contribution in [0.2, 0.25) is 0 Å². The molecule has 1 fully saturated rings. The summed E-state index contributed by atoms with van der Waals surface area (Å²) >= 11 is 0. The van der Waals surface area contributed by atoms with Crippen molar-refractivity contribution in [3.8, 4) is 16.9 Å². The molecule has 13 nitrogen and oxygen atoms in total. The molecule has 13 heteroatoms.